The van der Waals surface area contributed by atoms with Crippen LogP contribution in [0.15, 0.2) is 36.4 Å². The third-order valence-corrected chi connectivity index (χ3v) is 4.56. The average Bonchev–Trinajstić information content (AvgIpc) is 2.77. The molecule has 0 saturated carbocycles. The fourth-order valence-electron chi connectivity index (χ4n) is 2.99. The molecule has 1 N–H and O–H groups in total. The van der Waals surface area contributed by atoms with Crippen LogP contribution in [0.4, 0.5) is 0 Å². The predicted octanol–water partition coefficient (Wildman–Crippen LogP) is 2.68. The van der Waals surface area contributed by atoms with Gasteiger partial charge in [-0.3, -0.25) is 9.59 Å². The number of carbonyl (C=O) groups is 2. The summed E-state index contributed by atoms with van der Waals surface area (Å²) < 4.78 is 25.9. The Hall–Kier alpha value is -3.42. The lowest BCUT2D eigenvalue weighted by Crippen LogP contribution is -2.31. The van der Waals surface area contributed by atoms with E-state index in [0.717, 1.165) is 5.56 Å². The lowest BCUT2D eigenvalue weighted by atomic mass is 10.0. The Morgan fingerprint density at radius 1 is 0.800 bits per heavy atom. The smallest absolute Gasteiger partial charge is 0.307 e. The van der Waals surface area contributed by atoms with Crippen molar-refractivity contribution in [3.05, 3.63) is 47.5 Å². The summed E-state index contributed by atoms with van der Waals surface area (Å²) in [6.45, 7) is 0. The Bertz CT molecular complexity index is 882. The Kier molecular flexibility index (Phi) is 8.34. The molecule has 0 saturated heterocycles. The summed E-state index contributed by atoms with van der Waals surface area (Å²) >= 11 is 0. The molecule has 0 heterocycles. The van der Waals surface area contributed by atoms with Crippen LogP contribution in [-0.4, -0.2) is 47.4 Å². The van der Waals surface area contributed by atoms with E-state index in [2.05, 4.69) is 5.32 Å². The normalized spacial score (nSPS) is 11.2. The van der Waals surface area contributed by atoms with Crippen LogP contribution < -0.4 is 24.3 Å². The maximum atomic E-state index is 12.7. The molecular formula is C22H27NO7. The largest absolute Gasteiger partial charge is 0.493 e. The minimum absolute atomic E-state index is 0.0242. The van der Waals surface area contributed by atoms with Gasteiger partial charge in [-0.1, -0.05) is 12.1 Å². The van der Waals surface area contributed by atoms with Crippen molar-refractivity contribution in [1.82, 2.24) is 5.32 Å². The highest BCUT2D eigenvalue weighted by molar-refractivity contribution is 5.80. The van der Waals surface area contributed by atoms with Crippen LogP contribution in [0.3, 0.4) is 0 Å². The van der Waals surface area contributed by atoms with Gasteiger partial charge in [0, 0.05) is 0 Å². The second-order valence-corrected chi connectivity index (χ2v) is 6.38. The van der Waals surface area contributed by atoms with Crippen LogP contribution in [0.2, 0.25) is 0 Å². The molecule has 0 aliphatic rings. The van der Waals surface area contributed by atoms with Gasteiger partial charge in [0.1, 0.15) is 0 Å². The summed E-state index contributed by atoms with van der Waals surface area (Å²) in [5.41, 5.74) is 1.44. The number of nitrogens with one attached hydrogen (secondary N) is 1. The zero-order valence-corrected chi connectivity index (χ0v) is 17.8. The molecule has 0 aliphatic heterocycles. The summed E-state index contributed by atoms with van der Waals surface area (Å²) in [5.74, 6) is 1.46. The molecule has 0 spiro atoms. The highest BCUT2D eigenvalue weighted by atomic mass is 16.5. The van der Waals surface area contributed by atoms with Crippen LogP contribution in [0.25, 0.3) is 0 Å². The molecule has 2 rings (SSSR count). The van der Waals surface area contributed by atoms with E-state index < -0.39 is 12.0 Å². The first-order chi connectivity index (χ1) is 14.4. The van der Waals surface area contributed by atoms with Crippen molar-refractivity contribution in [2.45, 2.75) is 18.9 Å². The number of rotatable bonds is 10. The standard InChI is InChI=1S/C22H27NO7/c1-26-17-8-6-14(10-19(17)28-3)11-21(24)23-16(13-22(25)30-5)15-7-9-18(27-2)20(12-15)29-4/h6-10,12,16H,11,13H2,1-5H3,(H,23,24). The van der Waals surface area contributed by atoms with Crippen molar-refractivity contribution in [1.29, 1.82) is 0 Å². The topological polar surface area (TPSA) is 92.3 Å². The van der Waals surface area contributed by atoms with Crippen molar-refractivity contribution in [2.75, 3.05) is 35.5 Å². The fraction of sp³-hybridized carbons (Fsp3) is 0.364. The maximum Gasteiger partial charge on any atom is 0.307 e. The van der Waals surface area contributed by atoms with Gasteiger partial charge in [-0.15, -0.1) is 0 Å². The molecule has 1 amide bonds. The SMILES string of the molecule is COC(=O)CC(NC(=O)Cc1ccc(OC)c(OC)c1)c1ccc(OC)c(OC)c1. The first kappa shape index (κ1) is 22.9. The molecule has 0 aliphatic carbocycles. The third-order valence-electron chi connectivity index (χ3n) is 4.56. The van der Waals surface area contributed by atoms with E-state index in [-0.39, 0.29) is 18.7 Å². The molecule has 0 radical (unpaired) electrons. The first-order valence-electron chi connectivity index (χ1n) is 9.24. The van der Waals surface area contributed by atoms with Gasteiger partial charge < -0.3 is 29.0 Å². The zero-order valence-electron chi connectivity index (χ0n) is 17.8. The van der Waals surface area contributed by atoms with Gasteiger partial charge in [0.05, 0.1) is 54.4 Å². The Balaban J connectivity index is 2.22. The van der Waals surface area contributed by atoms with E-state index in [1.807, 2.05) is 0 Å². The molecule has 0 bridgehead atoms. The lowest BCUT2D eigenvalue weighted by molar-refractivity contribution is -0.141. The van der Waals surface area contributed by atoms with Crippen LogP contribution in [0.5, 0.6) is 23.0 Å². The third kappa shape index (κ3) is 5.79. The molecule has 162 valence electrons. The maximum absolute atomic E-state index is 12.7. The number of benzene rings is 2. The monoisotopic (exact) mass is 417 g/mol. The summed E-state index contributed by atoms with van der Waals surface area (Å²) in [4.78, 5) is 24.6. The van der Waals surface area contributed by atoms with Crippen molar-refractivity contribution >= 4 is 11.9 Å². The van der Waals surface area contributed by atoms with Crippen molar-refractivity contribution in [3.63, 3.8) is 0 Å². The number of methoxy groups -OCH3 is 5. The fourth-order valence-corrected chi connectivity index (χ4v) is 2.99. The second-order valence-electron chi connectivity index (χ2n) is 6.38. The summed E-state index contributed by atoms with van der Waals surface area (Å²) in [5, 5.41) is 2.89. The minimum atomic E-state index is -0.593. The molecule has 0 fully saturated rings. The molecule has 1 unspecified atom stereocenters. The minimum Gasteiger partial charge on any atom is -0.493 e. The summed E-state index contributed by atoms with van der Waals surface area (Å²) in [6, 6.07) is 9.89. The summed E-state index contributed by atoms with van der Waals surface area (Å²) in [7, 11) is 7.44. The van der Waals surface area contributed by atoms with E-state index in [9.17, 15) is 9.59 Å². The first-order valence-corrected chi connectivity index (χ1v) is 9.24. The van der Waals surface area contributed by atoms with Gasteiger partial charge in [-0.25, -0.2) is 0 Å². The Morgan fingerprint density at radius 3 is 1.93 bits per heavy atom. The van der Waals surface area contributed by atoms with Crippen LogP contribution in [-0.2, 0) is 20.7 Å². The van der Waals surface area contributed by atoms with E-state index in [1.165, 1.54) is 28.4 Å². The van der Waals surface area contributed by atoms with Crippen LogP contribution in [0.1, 0.15) is 23.6 Å². The van der Waals surface area contributed by atoms with E-state index in [4.69, 9.17) is 23.7 Å². The molecular weight excluding hydrogens is 390 g/mol. The van der Waals surface area contributed by atoms with Gasteiger partial charge in [-0.05, 0) is 35.4 Å². The van der Waals surface area contributed by atoms with Crippen LogP contribution >= 0.6 is 0 Å². The number of esters is 1. The number of ether oxygens (including phenoxy) is 5. The number of hydrogen-bond donors (Lipinski definition) is 1. The molecule has 8 heteroatoms. The quantitative estimate of drug-likeness (QED) is 0.594. The van der Waals surface area contributed by atoms with Gasteiger partial charge in [0.2, 0.25) is 5.91 Å². The molecule has 8 nitrogen and oxygen atoms in total. The van der Waals surface area contributed by atoms with Gasteiger partial charge in [0.15, 0.2) is 23.0 Å². The number of hydrogen-bond acceptors (Lipinski definition) is 7. The molecule has 0 aromatic heterocycles. The lowest BCUT2D eigenvalue weighted by Gasteiger charge is -2.20. The van der Waals surface area contributed by atoms with Gasteiger partial charge >= 0.3 is 5.97 Å². The Labute approximate surface area is 176 Å². The van der Waals surface area contributed by atoms with Crippen LogP contribution in [0, 0.1) is 0 Å². The predicted molar refractivity (Wildman–Crippen MR) is 110 cm³/mol. The number of carbonyl (C=O) groups excluding carboxylic acids is 2. The molecule has 1 atom stereocenters. The molecule has 30 heavy (non-hydrogen) atoms. The Morgan fingerprint density at radius 2 is 1.37 bits per heavy atom. The van der Waals surface area contributed by atoms with Crippen molar-refractivity contribution in [2.24, 2.45) is 0 Å². The van der Waals surface area contributed by atoms with E-state index in [0.29, 0.717) is 28.6 Å². The highest BCUT2D eigenvalue weighted by Crippen LogP contribution is 2.31. The van der Waals surface area contributed by atoms with E-state index >= 15 is 0 Å². The average molecular weight is 417 g/mol. The summed E-state index contributed by atoms with van der Waals surface area (Å²) in [6.07, 6.45) is 0.0783. The second kappa shape index (κ2) is 10.9. The number of amides is 1. The van der Waals surface area contributed by atoms with Crippen molar-refractivity contribution in [3.8, 4) is 23.0 Å². The van der Waals surface area contributed by atoms with Gasteiger partial charge in [-0.2, -0.15) is 0 Å². The zero-order chi connectivity index (χ0) is 22.1. The molecule has 2 aromatic carbocycles. The highest BCUT2D eigenvalue weighted by Gasteiger charge is 2.21. The van der Waals surface area contributed by atoms with E-state index in [1.54, 1.807) is 43.5 Å². The van der Waals surface area contributed by atoms with Crippen molar-refractivity contribution < 1.29 is 33.3 Å². The van der Waals surface area contributed by atoms with Gasteiger partial charge in [0.25, 0.3) is 0 Å². The molecule has 2 aromatic rings.